The molecule has 18 heavy (non-hydrogen) atoms. The van der Waals surface area contributed by atoms with Crippen molar-refractivity contribution < 1.29 is 0 Å². The first-order chi connectivity index (χ1) is 8.81. The van der Waals surface area contributed by atoms with Gasteiger partial charge in [-0.1, -0.05) is 48.0 Å². The molecule has 2 heteroatoms. The van der Waals surface area contributed by atoms with Crippen molar-refractivity contribution in [1.82, 2.24) is 0 Å². The number of benzene rings is 2. The summed E-state index contributed by atoms with van der Waals surface area (Å²) in [5, 5.41) is 4.30. The minimum absolute atomic E-state index is 0.668. The Morgan fingerprint density at radius 3 is 2.78 bits per heavy atom. The van der Waals surface area contributed by atoms with Crippen LogP contribution < -0.4 is 5.32 Å². The van der Waals surface area contributed by atoms with Crippen LogP contribution in [0.1, 0.15) is 11.1 Å². The molecule has 1 heterocycles. The average molecular weight is 258 g/mol. The Hall–Kier alpha value is -1.47. The van der Waals surface area contributed by atoms with Gasteiger partial charge in [0.15, 0.2) is 0 Å². The number of anilines is 1. The Morgan fingerprint density at radius 1 is 1.11 bits per heavy atom. The fourth-order valence-electron chi connectivity index (χ4n) is 2.62. The highest BCUT2D eigenvalue weighted by Gasteiger charge is 2.18. The van der Waals surface area contributed by atoms with Crippen LogP contribution in [0.4, 0.5) is 5.69 Å². The highest BCUT2D eigenvalue weighted by Crippen LogP contribution is 2.28. The van der Waals surface area contributed by atoms with Gasteiger partial charge in [0.05, 0.1) is 0 Å². The van der Waals surface area contributed by atoms with Crippen molar-refractivity contribution in [3.8, 4) is 0 Å². The van der Waals surface area contributed by atoms with Crippen LogP contribution >= 0.6 is 11.6 Å². The first-order valence-corrected chi connectivity index (χ1v) is 6.75. The van der Waals surface area contributed by atoms with E-state index < -0.39 is 0 Å². The standard InChI is InChI=1S/C16H16ClN/c17-15-7-6-14-9-13(11-18-16(14)10-15)8-12-4-2-1-3-5-12/h1-7,10,13,18H,8-9,11H2. The van der Waals surface area contributed by atoms with E-state index in [-0.39, 0.29) is 0 Å². The third kappa shape index (κ3) is 2.51. The minimum atomic E-state index is 0.668. The summed E-state index contributed by atoms with van der Waals surface area (Å²) in [6, 6.07) is 16.8. The SMILES string of the molecule is Clc1ccc2c(c1)NCC(Cc1ccccc1)C2. The van der Waals surface area contributed by atoms with E-state index in [2.05, 4.69) is 41.7 Å². The number of hydrogen-bond acceptors (Lipinski definition) is 1. The van der Waals surface area contributed by atoms with Gasteiger partial charge in [-0.15, -0.1) is 0 Å². The van der Waals surface area contributed by atoms with Crippen molar-refractivity contribution in [2.75, 3.05) is 11.9 Å². The van der Waals surface area contributed by atoms with E-state index in [4.69, 9.17) is 11.6 Å². The van der Waals surface area contributed by atoms with E-state index in [1.54, 1.807) is 0 Å². The molecule has 2 aromatic carbocycles. The van der Waals surface area contributed by atoms with Crippen molar-refractivity contribution in [2.24, 2.45) is 5.92 Å². The summed E-state index contributed by atoms with van der Waals surface area (Å²) in [4.78, 5) is 0. The Balaban J connectivity index is 1.73. The Bertz CT molecular complexity index is 536. The van der Waals surface area contributed by atoms with Crippen molar-refractivity contribution in [3.63, 3.8) is 0 Å². The number of halogens is 1. The summed E-state index contributed by atoms with van der Waals surface area (Å²) in [6.07, 6.45) is 2.27. The van der Waals surface area contributed by atoms with Crippen molar-refractivity contribution in [1.29, 1.82) is 0 Å². The van der Waals surface area contributed by atoms with Crippen LogP contribution in [0.3, 0.4) is 0 Å². The van der Waals surface area contributed by atoms with Crippen LogP contribution in [0.2, 0.25) is 5.02 Å². The van der Waals surface area contributed by atoms with Crippen LogP contribution in [0.15, 0.2) is 48.5 Å². The molecule has 0 spiro atoms. The second kappa shape index (κ2) is 5.03. The van der Waals surface area contributed by atoms with Gasteiger partial charge >= 0.3 is 0 Å². The summed E-state index contributed by atoms with van der Waals surface area (Å²) >= 11 is 6.00. The molecule has 92 valence electrons. The van der Waals surface area contributed by atoms with Gasteiger partial charge in [0.1, 0.15) is 0 Å². The number of fused-ring (bicyclic) bond motifs is 1. The van der Waals surface area contributed by atoms with Gasteiger partial charge in [0.25, 0.3) is 0 Å². The topological polar surface area (TPSA) is 12.0 Å². The minimum Gasteiger partial charge on any atom is -0.384 e. The normalized spacial score (nSPS) is 17.9. The maximum atomic E-state index is 6.00. The molecule has 0 aromatic heterocycles. The Kier molecular flexibility index (Phi) is 3.24. The first kappa shape index (κ1) is 11.6. The lowest BCUT2D eigenvalue weighted by atomic mass is 9.89. The van der Waals surface area contributed by atoms with Crippen LogP contribution in [-0.2, 0) is 12.8 Å². The molecule has 2 aromatic rings. The van der Waals surface area contributed by atoms with Gasteiger partial charge in [0.2, 0.25) is 0 Å². The van der Waals surface area contributed by atoms with E-state index in [9.17, 15) is 0 Å². The van der Waals surface area contributed by atoms with Crippen molar-refractivity contribution in [2.45, 2.75) is 12.8 Å². The molecule has 0 bridgehead atoms. The molecule has 3 rings (SSSR count). The number of nitrogens with one attached hydrogen (secondary N) is 1. The smallest absolute Gasteiger partial charge is 0.0426 e. The number of rotatable bonds is 2. The molecule has 1 aliphatic rings. The Morgan fingerprint density at radius 2 is 1.94 bits per heavy atom. The molecular weight excluding hydrogens is 242 g/mol. The average Bonchev–Trinajstić information content (AvgIpc) is 2.40. The van der Waals surface area contributed by atoms with E-state index in [1.807, 2.05) is 12.1 Å². The molecule has 0 saturated heterocycles. The zero-order valence-electron chi connectivity index (χ0n) is 10.2. The maximum absolute atomic E-state index is 6.00. The molecule has 1 nitrogen and oxygen atoms in total. The van der Waals surface area contributed by atoms with E-state index in [0.717, 1.165) is 24.4 Å². The van der Waals surface area contributed by atoms with Gasteiger partial charge in [-0.3, -0.25) is 0 Å². The number of hydrogen-bond donors (Lipinski definition) is 1. The van der Waals surface area contributed by atoms with Gasteiger partial charge in [-0.2, -0.15) is 0 Å². The van der Waals surface area contributed by atoms with Crippen LogP contribution in [0, 0.1) is 5.92 Å². The highest BCUT2D eigenvalue weighted by atomic mass is 35.5. The van der Waals surface area contributed by atoms with E-state index in [0.29, 0.717) is 5.92 Å². The fourth-order valence-corrected chi connectivity index (χ4v) is 2.79. The van der Waals surface area contributed by atoms with Crippen LogP contribution in [0.5, 0.6) is 0 Å². The quantitative estimate of drug-likeness (QED) is 0.852. The second-order valence-corrected chi connectivity index (χ2v) is 5.38. The van der Waals surface area contributed by atoms with Crippen LogP contribution in [-0.4, -0.2) is 6.54 Å². The summed E-state index contributed by atoms with van der Waals surface area (Å²) in [7, 11) is 0. The zero-order chi connectivity index (χ0) is 12.4. The molecule has 0 radical (unpaired) electrons. The molecule has 0 fully saturated rings. The third-order valence-electron chi connectivity index (χ3n) is 3.53. The van der Waals surface area contributed by atoms with Gasteiger partial charge in [-0.05, 0) is 42.0 Å². The first-order valence-electron chi connectivity index (χ1n) is 6.37. The molecule has 1 unspecified atom stereocenters. The lowest BCUT2D eigenvalue weighted by molar-refractivity contribution is 0.535. The molecule has 0 aliphatic carbocycles. The molecule has 1 aliphatic heterocycles. The van der Waals surface area contributed by atoms with Crippen molar-refractivity contribution >= 4 is 17.3 Å². The highest BCUT2D eigenvalue weighted by molar-refractivity contribution is 6.30. The summed E-state index contributed by atoms with van der Waals surface area (Å²) < 4.78 is 0. The largest absolute Gasteiger partial charge is 0.384 e. The van der Waals surface area contributed by atoms with Crippen molar-refractivity contribution in [3.05, 3.63) is 64.7 Å². The summed E-state index contributed by atoms with van der Waals surface area (Å²) in [5.74, 6) is 0.668. The monoisotopic (exact) mass is 257 g/mol. The molecule has 1 N–H and O–H groups in total. The van der Waals surface area contributed by atoms with E-state index >= 15 is 0 Å². The lowest BCUT2D eigenvalue weighted by Crippen LogP contribution is -2.24. The third-order valence-corrected chi connectivity index (χ3v) is 3.76. The maximum Gasteiger partial charge on any atom is 0.0426 e. The summed E-state index contributed by atoms with van der Waals surface area (Å²) in [6.45, 7) is 1.03. The van der Waals surface area contributed by atoms with E-state index in [1.165, 1.54) is 16.8 Å². The molecule has 0 amide bonds. The second-order valence-electron chi connectivity index (χ2n) is 4.94. The molecule has 0 saturated carbocycles. The fraction of sp³-hybridized carbons (Fsp3) is 0.250. The van der Waals surface area contributed by atoms with Gasteiger partial charge in [-0.25, -0.2) is 0 Å². The summed E-state index contributed by atoms with van der Waals surface area (Å²) in [5.41, 5.74) is 4.00. The molecular formula is C16H16ClN. The van der Waals surface area contributed by atoms with Crippen LogP contribution in [0.25, 0.3) is 0 Å². The predicted octanol–water partition coefficient (Wildman–Crippen LogP) is 4.17. The Labute approximate surface area is 113 Å². The molecule has 1 atom stereocenters. The predicted molar refractivity (Wildman–Crippen MR) is 77.3 cm³/mol. The lowest BCUT2D eigenvalue weighted by Gasteiger charge is -2.26. The zero-order valence-corrected chi connectivity index (χ0v) is 11.0. The van der Waals surface area contributed by atoms with Gasteiger partial charge < -0.3 is 5.32 Å². The van der Waals surface area contributed by atoms with Gasteiger partial charge in [0, 0.05) is 17.3 Å².